The van der Waals surface area contributed by atoms with Crippen molar-refractivity contribution >= 4 is 0 Å². The maximum Gasteiger partial charge on any atom is 0.0905 e. The minimum Gasteiger partial charge on any atom is -0.193 e. The maximum absolute atomic E-state index is 7.51. The van der Waals surface area contributed by atoms with Crippen LogP contribution < -0.4 is 0 Å². The maximum atomic E-state index is 7.51. The molecule has 0 aliphatic heterocycles. The van der Waals surface area contributed by atoms with Gasteiger partial charge in [0.1, 0.15) is 0 Å². The molecular formula is C9H9N3. The first-order valence-electron chi connectivity index (χ1n) is 2.76. The average Bonchev–Trinajstić information content (AvgIpc) is 2.18. The summed E-state index contributed by atoms with van der Waals surface area (Å²) in [5.41, 5.74) is 0. The normalized spacial score (nSPS) is 3.75. The molecule has 0 saturated heterocycles. The molecule has 0 aliphatic rings. The highest BCUT2D eigenvalue weighted by molar-refractivity contribution is 4.94. The molecule has 0 radical (unpaired) electrons. The van der Waals surface area contributed by atoms with Gasteiger partial charge < -0.3 is 0 Å². The lowest BCUT2D eigenvalue weighted by Crippen LogP contribution is -1.23. The lowest BCUT2D eigenvalue weighted by Gasteiger charge is -1.31. The fraction of sp³-hybridized carbons (Fsp3) is 0. The summed E-state index contributed by atoms with van der Waals surface area (Å²) < 4.78 is 0. The molecule has 0 aromatic heterocycles. The van der Waals surface area contributed by atoms with Gasteiger partial charge in [-0.15, -0.1) is 0 Å². The van der Waals surface area contributed by atoms with Crippen molar-refractivity contribution in [2.45, 2.75) is 0 Å². The zero-order valence-corrected chi connectivity index (χ0v) is 6.70. The summed E-state index contributed by atoms with van der Waals surface area (Å²) >= 11 is 0. The SMILES string of the molecule is C=CC#N.C=CC#N.C=CC#N. The zero-order chi connectivity index (χ0) is 10.2. The van der Waals surface area contributed by atoms with Gasteiger partial charge in [0, 0.05) is 18.2 Å². The number of hydrogen-bond acceptors (Lipinski definition) is 3. The van der Waals surface area contributed by atoms with Crippen LogP contribution in [0.15, 0.2) is 38.0 Å². The smallest absolute Gasteiger partial charge is 0.0905 e. The van der Waals surface area contributed by atoms with Crippen molar-refractivity contribution in [2.75, 3.05) is 0 Å². The van der Waals surface area contributed by atoms with Crippen molar-refractivity contribution in [3.8, 4) is 18.2 Å². The average molecular weight is 159 g/mol. The number of allylic oxidation sites excluding steroid dienone is 3. The quantitative estimate of drug-likeness (QED) is 0.508. The molecule has 0 rings (SSSR count). The molecule has 0 aliphatic carbocycles. The Kier molecular flexibility index (Phi) is 51.4. The number of hydrogen-bond donors (Lipinski definition) is 0. The van der Waals surface area contributed by atoms with E-state index in [4.69, 9.17) is 15.8 Å². The van der Waals surface area contributed by atoms with Crippen LogP contribution in [0, 0.1) is 34.0 Å². The molecule has 0 spiro atoms. The molecule has 0 saturated carbocycles. The van der Waals surface area contributed by atoms with Gasteiger partial charge in [0.15, 0.2) is 0 Å². The lowest BCUT2D eigenvalue weighted by atomic mass is 10.8. The summed E-state index contributed by atoms with van der Waals surface area (Å²) in [4.78, 5) is 0. The van der Waals surface area contributed by atoms with Crippen LogP contribution in [-0.2, 0) is 0 Å². The van der Waals surface area contributed by atoms with E-state index in [1.807, 2.05) is 0 Å². The van der Waals surface area contributed by atoms with Crippen molar-refractivity contribution in [1.29, 1.82) is 15.8 Å². The lowest BCUT2D eigenvalue weighted by molar-refractivity contribution is 1.54. The highest BCUT2D eigenvalue weighted by atomic mass is 14.2. The van der Waals surface area contributed by atoms with Crippen molar-refractivity contribution in [1.82, 2.24) is 0 Å². The summed E-state index contributed by atoms with van der Waals surface area (Å²) in [6, 6.07) is 5.08. The number of nitriles is 3. The minimum atomic E-state index is 1.18. The molecule has 0 unspecified atom stereocenters. The first-order chi connectivity index (χ1) is 5.74. The Balaban J connectivity index is -0.000000101. The van der Waals surface area contributed by atoms with Crippen molar-refractivity contribution in [3.63, 3.8) is 0 Å². The first-order valence-corrected chi connectivity index (χ1v) is 2.76. The molecule has 60 valence electrons. The Labute approximate surface area is 72.8 Å². The highest BCUT2D eigenvalue weighted by Gasteiger charge is 1.34. The van der Waals surface area contributed by atoms with E-state index >= 15 is 0 Å². The highest BCUT2D eigenvalue weighted by Crippen LogP contribution is 1.42. The molecule has 0 amide bonds. The minimum absolute atomic E-state index is 1.18. The van der Waals surface area contributed by atoms with E-state index in [0.717, 1.165) is 0 Å². The van der Waals surface area contributed by atoms with E-state index in [9.17, 15) is 0 Å². The molecule has 0 fully saturated rings. The van der Waals surface area contributed by atoms with Gasteiger partial charge in [-0.2, -0.15) is 15.8 Å². The van der Waals surface area contributed by atoms with E-state index in [1.54, 1.807) is 18.2 Å². The molecule has 12 heavy (non-hydrogen) atoms. The monoisotopic (exact) mass is 159 g/mol. The van der Waals surface area contributed by atoms with Gasteiger partial charge in [-0.3, -0.25) is 0 Å². The second-order valence-electron chi connectivity index (χ2n) is 1.000. The van der Waals surface area contributed by atoms with E-state index < -0.39 is 0 Å². The van der Waals surface area contributed by atoms with Gasteiger partial charge in [0.2, 0.25) is 0 Å². The van der Waals surface area contributed by atoms with Crippen LogP contribution in [-0.4, -0.2) is 0 Å². The van der Waals surface area contributed by atoms with Gasteiger partial charge in [-0.05, 0) is 0 Å². The van der Waals surface area contributed by atoms with E-state index in [-0.39, 0.29) is 0 Å². The Morgan fingerprint density at radius 2 is 0.750 bits per heavy atom. The molecule has 0 atom stereocenters. The third kappa shape index (κ3) is 723. The molecule has 0 aromatic carbocycles. The second-order valence-corrected chi connectivity index (χ2v) is 1.000. The van der Waals surface area contributed by atoms with E-state index in [1.165, 1.54) is 18.2 Å². The van der Waals surface area contributed by atoms with Crippen molar-refractivity contribution < 1.29 is 0 Å². The first kappa shape index (κ1) is 16.3. The van der Waals surface area contributed by atoms with Gasteiger partial charge in [-0.1, -0.05) is 19.7 Å². The summed E-state index contributed by atoms with van der Waals surface area (Å²) in [5, 5.41) is 22.5. The van der Waals surface area contributed by atoms with Crippen LogP contribution >= 0.6 is 0 Å². The molecular weight excluding hydrogens is 150 g/mol. The number of nitrogens with zero attached hydrogens (tertiary/aromatic N) is 3. The summed E-state index contributed by atoms with van der Waals surface area (Å²) in [6.45, 7) is 9.35. The Morgan fingerprint density at radius 3 is 0.750 bits per heavy atom. The Bertz CT molecular complexity index is 189. The van der Waals surface area contributed by atoms with Crippen molar-refractivity contribution in [2.24, 2.45) is 0 Å². The third-order valence-electron chi connectivity index (χ3n) is 0.274. The topological polar surface area (TPSA) is 71.4 Å². The molecule has 0 N–H and O–H groups in total. The standard InChI is InChI=1S/3C3H3N/c3*1-2-3-4/h3*2H,1H2. The van der Waals surface area contributed by atoms with Crippen LogP contribution in [0.3, 0.4) is 0 Å². The molecule has 0 bridgehead atoms. The Hall–Kier alpha value is -2.31. The summed E-state index contributed by atoms with van der Waals surface area (Å²) in [6.07, 6.45) is 3.54. The number of rotatable bonds is 0. The van der Waals surface area contributed by atoms with E-state index in [0.29, 0.717) is 0 Å². The predicted octanol–water partition coefficient (Wildman–Crippen LogP) is 2.09. The van der Waals surface area contributed by atoms with Gasteiger partial charge in [0.05, 0.1) is 18.2 Å². The van der Waals surface area contributed by atoms with E-state index in [2.05, 4.69) is 19.7 Å². The zero-order valence-electron chi connectivity index (χ0n) is 6.70. The molecule has 3 heteroatoms. The van der Waals surface area contributed by atoms with Crippen LogP contribution in [0.5, 0.6) is 0 Å². The summed E-state index contributed by atoms with van der Waals surface area (Å²) in [5.74, 6) is 0. The van der Waals surface area contributed by atoms with Crippen LogP contribution in [0.25, 0.3) is 0 Å². The predicted molar refractivity (Wildman–Crippen MR) is 47.4 cm³/mol. The largest absolute Gasteiger partial charge is 0.193 e. The van der Waals surface area contributed by atoms with Crippen LogP contribution in [0.4, 0.5) is 0 Å². The fourth-order valence-corrected chi connectivity index (χ4v) is 0. The van der Waals surface area contributed by atoms with Crippen molar-refractivity contribution in [3.05, 3.63) is 38.0 Å². The van der Waals surface area contributed by atoms with Gasteiger partial charge >= 0.3 is 0 Å². The molecule has 3 nitrogen and oxygen atoms in total. The second kappa shape index (κ2) is 37.7. The Morgan fingerprint density at radius 1 is 0.667 bits per heavy atom. The fourth-order valence-electron chi connectivity index (χ4n) is 0. The summed E-state index contributed by atoms with van der Waals surface area (Å²) in [7, 11) is 0. The van der Waals surface area contributed by atoms with Crippen LogP contribution in [0.1, 0.15) is 0 Å². The van der Waals surface area contributed by atoms with Gasteiger partial charge in [0.25, 0.3) is 0 Å². The molecule has 0 heterocycles. The van der Waals surface area contributed by atoms with Crippen LogP contribution in [0.2, 0.25) is 0 Å². The third-order valence-corrected chi connectivity index (χ3v) is 0.274. The van der Waals surface area contributed by atoms with Gasteiger partial charge in [-0.25, -0.2) is 0 Å². The molecule has 0 aromatic rings.